The van der Waals surface area contributed by atoms with Crippen LogP contribution in [0.5, 0.6) is 0 Å². The van der Waals surface area contributed by atoms with E-state index in [-0.39, 0.29) is 0 Å². The molecule has 3 heteroatoms. The van der Waals surface area contributed by atoms with E-state index in [9.17, 15) is 4.79 Å². The predicted molar refractivity (Wildman–Crippen MR) is 28.4 cm³/mol. The third kappa shape index (κ3) is 1.93. The van der Waals surface area contributed by atoms with Crippen molar-refractivity contribution in [2.45, 2.75) is 12.5 Å². The second kappa shape index (κ2) is 2.67. The zero-order chi connectivity index (χ0) is 5.82. The molecule has 1 rings (SSSR count). The minimum atomic E-state index is 0.433. The van der Waals surface area contributed by atoms with Crippen molar-refractivity contribution in [2.24, 2.45) is 0 Å². The fraction of sp³-hybridized carbons (Fsp3) is 0.800. The number of carbonyl (C=O) groups excluding carboxylic acids is 1. The number of carbonyl (C=O) groups is 1. The quantitative estimate of drug-likeness (QED) is 0.305. The molecule has 1 atom stereocenters. The Bertz CT molecular complexity index is 80.5. The Kier molecular flexibility index (Phi) is 1.86. The van der Waals surface area contributed by atoms with Crippen LogP contribution in [0.3, 0.4) is 0 Å². The first-order chi connectivity index (χ1) is 3.93. The van der Waals surface area contributed by atoms with Crippen LogP contribution in [0.2, 0.25) is 0 Å². The first kappa shape index (κ1) is 5.56. The van der Waals surface area contributed by atoms with Gasteiger partial charge in [0.15, 0.2) is 0 Å². The van der Waals surface area contributed by atoms with Crippen molar-refractivity contribution >= 4 is 6.41 Å². The number of ether oxygens (including phenoxy) is 1. The fourth-order valence-electron chi connectivity index (χ4n) is 0.538. The van der Waals surface area contributed by atoms with Crippen molar-refractivity contribution in [3.05, 3.63) is 0 Å². The van der Waals surface area contributed by atoms with Crippen molar-refractivity contribution in [3.8, 4) is 0 Å². The number of hydrogen-bond donors (Lipinski definition) is 1. The molecule has 0 bridgehead atoms. The molecule has 8 heavy (non-hydrogen) atoms. The zero-order valence-corrected chi connectivity index (χ0v) is 4.59. The lowest BCUT2D eigenvalue weighted by Crippen LogP contribution is -2.13. The van der Waals surface area contributed by atoms with Gasteiger partial charge >= 0.3 is 0 Å². The number of epoxide rings is 1. The third-order valence-corrected chi connectivity index (χ3v) is 1.10. The Morgan fingerprint density at radius 1 is 1.88 bits per heavy atom. The van der Waals surface area contributed by atoms with E-state index in [0.29, 0.717) is 12.5 Å². The maximum Gasteiger partial charge on any atom is 0.207 e. The van der Waals surface area contributed by atoms with E-state index in [0.717, 1.165) is 19.6 Å². The summed E-state index contributed by atoms with van der Waals surface area (Å²) in [6, 6.07) is 0. The van der Waals surface area contributed by atoms with Crippen molar-refractivity contribution in [1.29, 1.82) is 0 Å². The maximum atomic E-state index is 9.65. The fourth-order valence-corrected chi connectivity index (χ4v) is 0.538. The highest BCUT2D eigenvalue weighted by molar-refractivity contribution is 5.45. The Morgan fingerprint density at radius 3 is 3.12 bits per heavy atom. The van der Waals surface area contributed by atoms with Gasteiger partial charge in [0.2, 0.25) is 6.41 Å². The van der Waals surface area contributed by atoms with Crippen molar-refractivity contribution in [3.63, 3.8) is 0 Å². The summed E-state index contributed by atoms with van der Waals surface area (Å²) < 4.78 is 4.90. The van der Waals surface area contributed by atoms with E-state index in [4.69, 9.17) is 4.74 Å². The lowest BCUT2D eigenvalue weighted by atomic mass is 10.3. The highest BCUT2D eigenvalue weighted by atomic mass is 16.6. The van der Waals surface area contributed by atoms with Crippen LogP contribution in [-0.4, -0.2) is 25.7 Å². The Balaban J connectivity index is 1.80. The number of hydrogen-bond acceptors (Lipinski definition) is 2. The Hall–Kier alpha value is -0.570. The number of amides is 1. The predicted octanol–water partition coefficient (Wildman–Crippen LogP) is -0.479. The van der Waals surface area contributed by atoms with E-state index in [1.165, 1.54) is 0 Å². The van der Waals surface area contributed by atoms with Crippen LogP contribution in [0.1, 0.15) is 6.42 Å². The molecule has 0 radical (unpaired) electrons. The number of nitrogens with one attached hydrogen (secondary N) is 1. The molecule has 1 N–H and O–H groups in total. The molecule has 0 saturated carbocycles. The molecular formula is C5H9NO2. The van der Waals surface area contributed by atoms with E-state index < -0.39 is 0 Å². The molecule has 0 spiro atoms. The Morgan fingerprint density at radius 2 is 2.62 bits per heavy atom. The minimum Gasteiger partial charge on any atom is -0.373 e. The molecule has 0 aliphatic carbocycles. The summed E-state index contributed by atoms with van der Waals surface area (Å²) >= 11 is 0. The van der Waals surface area contributed by atoms with E-state index in [1.807, 2.05) is 0 Å². The van der Waals surface area contributed by atoms with Gasteiger partial charge in [-0.05, 0) is 6.42 Å². The van der Waals surface area contributed by atoms with Gasteiger partial charge in [-0.25, -0.2) is 0 Å². The molecule has 1 heterocycles. The van der Waals surface area contributed by atoms with Crippen molar-refractivity contribution < 1.29 is 9.53 Å². The summed E-state index contributed by atoms with van der Waals surface area (Å²) in [6.45, 7) is 1.62. The summed E-state index contributed by atoms with van der Waals surface area (Å²) in [5.41, 5.74) is 0. The lowest BCUT2D eigenvalue weighted by Gasteiger charge is -1.90. The van der Waals surface area contributed by atoms with Crippen LogP contribution in [0.15, 0.2) is 0 Å². The highest BCUT2D eigenvalue weighted by Gasteiger charge is 2.20. The van der Waals surface area contributed by atoms with Crippen LogP contribution in [-0.2, 0) is 9.53 Å². The molecule has 46 valence electrons. The van der Waals surface area contributed by atoms with E-state index >= 15 is 0 Å². The van der Waals surface area contributed by atoms with Gasteiger partial charge in [-0.3, -0.25) is 4.79 Å². The Labute approximate surface area is 48.0 Å². The normalized spacial score (nSPS) is 24.8. The van der Waals surface area contributed by atoms with Gasteiger partial charge < -0.3 is 10.1 Å². The average molecular weight is 115 g/mol. The average Bonchev–Trinajstić information content (AvgIpc) is 2.51. The lowest BCUT2D eigenvalue weighted by molar-refractivity contribution is -0.109. The summed E-state index contributed by atoms with van der Waals surface area (Å²) in [4.78, 5) is 9.65. The van der Waals surface area contributed by atoms with Gasteiger partial charge in [0, 0.05) is 6.54 Å². The molecule has 1 unspecified atom stereocenters. The van der Waals surface area contributed by atoms with Gasteiger partial charge in [-0.1, -0.05) is 0 Å². The zero-order valence-electron chi connectivity index (χ0n) is 4.59. The van der Waals surface area contributed by atoms with Crippen LogP contribution < -0.4 is 5.32 Å². The largest absolute Gasteiger partial charge is 0.373 e. The third-order valence-electron chi connectivity index (χ3n) is 1.10. The molecular weight excluding hydrogens is 106 g/mol. The molecule has 1 aliphatic rings. The molecule has 1 fully saturated rings. The van der Waals surface area contributed by atoms with Crippen molar-refractivity contribution in [2.75, 3.05) is 13.2 Å². The molecule has 1 amide bonds. The van der Waals surface area contributed by atoms with E-state index in [1.54, 1.807) is 0 Å². The van der Waals surface area contributed by atoms with Crippen LogP contribution in [0.4, 0.5) is 0 Å². The van der Waals surface area contributed by atoms with Gasteiger partial charge in [0.05, 0.1) is 12.7 Å². The maximum absolute atomic E-state index is 9.65. The second-order valence-electron chi connectivity index (χ2n) is 1.82. The van der Waals surface area contributed by atoms with Crippen LogP contribution >= 0.6 is 0 Å². The first-order valence-corrected chi connectivity index (χ1v) is 2.72. The molecule has 0 aromatic heterocycles. The molecule has 1 aliphatic heterocycles. The van der Waals surface area contributed by atoms with Gasteiger partial charge in [0.25, 0.3) is 0 Å². The minimum absolute atomic E-state index is 0.433. The molecule has 3 nitrogen and oxygen atoms in total. The van der Waals surface area contributed by atoms with Gasteiger partial charge in [-0.15, -0.1) is 0 Å². The summed E-state index contributed by atoms with van der Waals surface area (Å²) in [5, 5.41) is 2.56. The van der Waals surface area contributed by atoms with E-state index in [2.05, 4.69) is 5.32 Å². The van der Waals surface area contributed by atoms with Gasteiger partial charge in [-0.2, -0.15) is 0 Å². The monoisotopic (exact) mass is 115 g/mol. The van der Waals surface area contributed by atoms with Crippen LogP contribution in [0, 0.1) is 0 Å². The van der Waals surface area contributed by atoms with Crippen molar-refractivity contribution in [1.82, 2.24) is 5.32 Å². The topological polar surface area (TPSA) is 41.6 Å². The van der Waals surface area contributed by atoms with Crippen LogP contribution in [0.25, 0.3) is 0 Å². The smallest absolute Gasteiger partial charge is 0.207 e. The first-order valence-electron chi connectivity index (χ1n) is 2.72. The van der Waals surface area contributed by atoms with Gasteiger partial charge in [0.1, 0.15) is 0 Å². The summed E-state index contributed by atoms with van der Waals surface area (Å²) in [5.74, 6) is 0. The summed E-state index contributed by atoms with van der Waals surface area (Å²) in [7, 11) is 0. The second-order valence-corrected chi connectivity index (χ2v) is 1.82. The standard InChI is InChI=1S/C5H9NO2/c7-4-6-2-1-5-3-8-5/h4-5H,1-3H2,(H,6,7). The molecule has 1 saturated heterocycles. The SMILES string of the molecule is O=CNCCC1CO1. The number of rotatable bonds is 4. The summed E-state index contributed by atoms with van der Waals surface area (Å²) in [6.07, 6.45) is 2.10. The highest BCUT2D eigenvalue weighted by Crippen LogP contribution is 2.11. The molecule has 0 aromatic rings. The molecule has 0 aromatic carbocycles.